The van der Waals surface area contributed by atoms with Crippen LogP contribution in [0.15, 0.2) is 64.9 Å². The van der Waals surface area contributed by atoms with Gasteiger partial charge in [-0.3, -0.25) is 4.90 Å². The lowest BCUT2D eigenvalue weighted by Crippen LogP contribution is -2.46. The second-order valence-corrected chi connectivity index (χ2v) is 7.59. The Labute approximate surface area is 129 Å². The van der Waals surface area contributed by atoms with Crippen LogP contribution in [0.25, 0.3) is 0 Å². The lowest BCUT2D eigenvalue weighted by Gasteiger charge is -2.33. The third kappa shape index (κ3) is 3.40. The van der Waals surface area contributed by atoms with Gasteiger partial charge in [0.2, 0.25) is 0 Å². The van der Waals surface area contributed by atoms with Gasteiger partial charge in [0.1, 0.15) is 6.04 Å². The van der Waals surface area contributed by atoms with Gasteiger partial charge in [-0.15, -0.1) is 0 Å². The van der Waals surface area contributed by atoms with Gasteiger partial charge < -0.3 is 0 Å². The van der Waals surface area contributed by atoms with E-state index in [1.165, 1.54) is 17.1 Å². The Hall–Kier alpha value is -1.50. The van der Waals surface area contributed by atoms with Crippen LogP contribution < -0.4 is 0 Å². The molecule has 1 aromatic rings. The van der Waals surface area contributed by atoms with Crippen molar-refractivity contribution in [3.8, 4) is 0 Å². The fraction of sp³-hybridized carbons (Fsp3) is 0.286. The Balaban J connectivity index is 2.19. The van der Waals surface area contributed by atoms with E-state index in [1.54, 1.807) is 26.2 Å². The average Bonchev–Trinajstić information content (AvgIpc) is 2.45. The largest absolute Gasteiger partial charge is 0.283 e. The Morgan fingerprint density at radius 1 is 1.14 bits per heavy atom. The lowest BCUT2D eigenvalue weighted by atomic mass is 10.1. The average molecular weight is 326 g/mol. The minimum Gasteiger partial charge on any atom is -0.283 e. The smallest absolute Gasteiger partial charge is 0.259 e. The first kappa shape index (κ1) is 15.9. The van der Waals surface area contributed by atoms with E-state index >= 15 is 0 Å². The minimum atomic E-state index is -3.83. The Morgan fingerprint density at radius 3 is 2.19 bits per heavy atom. The third-order valence-corrected chi connectivity index (χ3v) is 5.38. The molecule has 0 fully saturated rings. The van der Waals surface area contributed by atoms with Gasteiger partial charge in [-0.25, -0.2) is 8.42 Å². The van der Waals surface area contributed by atoms with Gasteiger partial charge in [-0.05, 0) is 38.4 Å². The van der Waals surface area contributed by atoms with Crippen LogP contribution in [0.3, 0.4) is 0 Å². The molecule has 1 aromatic carbocycles. The number of nitrogens with zero attached hydrogens (tertiary/aromatic N) is 3. The van der Waals surface area contributed by atoms with Crippen LogP contribution >= 0.6 is 10.7 Å². The van der Waals surface area contributed by atoms with Crippen LogP contribution in [0.4, 0.5) is 5.69 Å². The molecule has 5 nitrogen and oxygen atoms in total. The molecule has 0 N–H and O–H groups in total. The van der Waals surface area contributed by atoms with Gasteiger partial charge in [-0.2, -0.15) is 10.2 Å². The van der Waals surface area contributed by atoms with E-state index in [0.29, 0.717) is 0 Å². The summed E-state index contributed by atoms with van der Waals surface area (Å²) in [5.41, 5.74) is 0.744. The highest BCUT2D eigenvalue weighted by molar-refractivity contribution is 8.15. The highest BCUT2D eigenvalue weighted by Crippen LogP contribution is 2.31. The van der Waals surface area contributed by atoms with E-state index in [0.717, 1.165) is 5.69 Å². The molecule has 0 amide bonds. The molecule has 0 aromatic heterocycles. The zero-order valence-corrected chi connectivity index (χ0v) is 13.3. The molecule has 0 unspecified atom stereocenters. The number of halogens is 1. The van der Waals surface area contributed by atoms with E-state index < -0.39 is 13.9 Å². The zero-order chi connectivity index (χ0) is 15.5. The maximum Gasteiger partial charge on any atom is 0.259 e. The quantitative estimate of drug-likeness (QED) is 0.485. The molecule has 7 heteroatoms. The van der Waals surface area contributed by atoms with Crippen molar-refractivity contribution in [3.05, 3.63) is 54.6 Å². The van der Waals surface area contributed by atoms with E-state index in [9.17, 15) is 8.42 Å². The first-order chi connectivity index (χ1) is 9.85. The first-order valence-electron chi connectivity index (χ1n) is 6.31. The molecule has 112 valence electrons. The predicted octanol–water partition coefficient (Wildman–Crippen LogP) is 3.09. The van der Waals surface area contributed by atoms with Crippen LogP contribution in [0.2, 0.25) is 0 Å². The maximum atomic E-state index is 11.8. The van der Waals surface area contributed by atoms with Crippen molar-refractivity contribution in [2.75, 3.05) is 14.1 Å². The summed E-state index contributed by atoms with van der Waals surface area (Å²) in [6.07, 6.45) is 6.41. The van der Waals surface area contributed by atoms with E-state index in [4.69, 9.17) is 10.7 Å². The Kier molecular flexibility index (Phi) is 4.61. The standard InChI is InChI=1S/C14H16ClN3O2S/c1-18(2)14(21(15,19)20)10-8-13(9-11-14)17-16-12-6-4-3-5-7-12/h3-11,13H,1-2H3. The monoisotopic (exact) mass is 325 g/mol. The molecule has 0 atom stereocenters. The van der Waals surface area contributed by atoms with Crippen LogP contribution in [0, 0.1) is 0 Å². The number of hydrogen-bond donors (Lipinski definition) is 0. The molecule has 0 saturated carbocycles. The molecular formula is C14H16ClN3O2S. The fourth-order valence-electron chi connectivity index (χ4n) is 1.98. The van der Waals surface area contributed by atoms with Crippen LogP contribution in [0.1, 0.15) is 0 Å². The Bertz CT molecular complexity index is 667. The summed E-state index contributed by atoms with van der Waals surface area (Å²) in [5, 5.41) is 8.27. The van der Waals surface area contributed by atoms with Crippen LogP contribution in [-0.4, -0.2) is 38.3 Å². The summed E-state index contributed by atoms with van der Waals surface area (Å²) in [6, 6.07) is 9.02. The summed E-state index contributed by atoms with van der Waals surface area (Å²) in [4.78, 5) is 0.195. The van der Waals surface area contributed by atoms with Gasteiger partial charge in [0, 0.05) is 10.7 Å². The molecule has 1 aliphatic carbocycles. The predicted molar refractivity (Wildman–Crippen MR) is 84.2 cm³/mol. The minimum absolute atomic E-state index is 0.309. The summed E-state index contributed by atoms with van der Waals surface area (Å²) in [7, 11) is 5.04. The van der Waals surface area contributed by atoms with E-state index in [1.807, 2.05) is 30.3 Å². The second-order valence-electron chi connectivity index (χ2n) is 4.84. The van der Waals surface area contributed by atoms with E-state index in [2.05, 4.69) is 10.2 Å². The first-order valence-corrected chi connectivity index (χ1v) is 8.62. The maximum absolute atomic E-state index is 11.8. The van der Waals surface area contributed by atoms with Crippen molar-refractivity contribution in [2.45, 2.75) is 10.9 Å². The summed E-state index contributed by atoms with van der Waals surface area (Å²) in [5.74, 6) is 0. The molecule has 0 saturated heterocycles. The zero-order valence-electron chi connectivity index (χ0n) is 11.7. The Morgan fingerprint density at radius 2 is 1.71 bits per heavy atom. The normalized spacial score (nSPS) is 25.8. The van der Waals surface area contributed by atoms with Crippen molar-refractivity contribution >= 4 is 25.4 Å². The van der Waals surface area contributed by atoms with E-state index in [-0.39, 0.29) is 6.04 Å². The number of hydrogen-bond acceptors (Lipinski definition) is 5. The molecular weight excluding hydrogens is 310 g/mol. The van der Waals surface area contributed by atoms with Crippen molar-refractivity contribution in [3.63, 3.8) is 0 Å². The topological polar surface area (TPSA) is 62.1 Å². The number of rotatable bonds is 4. The highest BCUT2D eigenvalue weighted by atomic mass is 35.7. The number of benzene rings is 1. The van der Waals surface area contributed by atoms with Crippen LogP contribution in [-0.2, 0) is 9.05 Å². The molecule has 0 bridgehead atoms. The molecule has 0 radical (unpaired) electrons. The van der Waals surface area contributed by atoms with Gasteiger partial charge in [0.25, 0.3) is 9.05 Å². The molecule has 2 rings (SSSR count). The van der Waals surface area contributed by atoms with Crippen molar-refractivity contribution in [2.24, 2.45) is 10.2 Å². The second kappa shape index (κ2) is 6.09. The summed E-state index contributed by atoms with van der Waals surface area (Å²) >= 11 is 0. The number of azo groups is 1. The molecule has 1 aliphatic rings. The fourth-order valence-corrected chi connectivity index (χ4v) is 3.62. The molecule has 0 heterocycles. The lowest BCUT2D eigenvalue weighted by molar-refractivity contribution is 0.341. The SMILES string of the molecule is CN(C)C1(S(=O)(=O)Cl)C=CC(N=Nc2ccccc2)C=C1. The van der Waals surface area contributed by atoms with Crippen molar-refractivity contribution in [1.29, 1.82) is 0 Å². The van der Waals surface area contributed by atoms with Crippen LogP contribution in [0.5, 0.6) is 0 Å². The summed E-state index contributed by atoms with van der Waals surface area (Å²) in [6.45, 7) is 0. The molecule has 0 aliphatic heterocycles. The molecule has 0 spiro atoms. The van der Waals surface area contributed by atoms with Gasteiger partial charge in [0.05, 0.1) is 5.69 Å². The highest BCUT2D eigenvalue weighted by Gasteiger charge is 2.41. The molecule has 21 heavy (non-hydrogen) atoms. The van der Waals surface area contributed by atoms with Gasteiger partial charge >= 0.3 is 0 Å². The summed E-state index contributed by atoms with van der Waals surface area (Å²) < 4.78 is 23.6. The third-order valence-electron chi connectivity index (χ3n) is 3.22. The number of likely N-dealkylation sites (N-methyl/N-ethyl adjacent to an activating group) is 1. The van der Waals surface area contributed by atoms with Crippen molar-refractivity contribution < 1.29 is 8.42 Å². The van der Waals surface area contributed by atoms with Gasteiger partial charge in [-0.1, -0.05) is 30.4 Å². The van der Waals surface area contributed by atoms with Gasteiger partial charge in [0.15, 0.2) is 4.87 Å². The van der Waals surface area contributed by atoms with Crippen molar-refractivity contribution in [1.82, 2.24) is 4.90 Å².